The summed E-state index contributed by atoms with van der Waals surface area (Å²) in [5, 5.41) is 3.57. The van der Waals surface area contributed by atoms with Gasteiger partial charge in [-0.1, -0.05) is 65.7 Å². The van der Waals surface area contributed by atoms with Crippen LogP contribution in [0.1, 0.15) is 11.1 Å². The summed E-state index contributed by atoms with van der Waals surface area (Å²) in [4.78, 5) is 28.0. The molecule has 7 nitrogen and oxygen atoms in total. The maximum atomic E-state index is 13.6. The van der Waals surface area contributed by atoms with E-state index in [1.165, 1.54) is 43.3 Å². The molecule has 0 spiro atoms. The number of sulfonamides is 1. The van der Waals surface area contributed by atoms with E-state index in [1.807, 2.05) is 30.3 Å². The van der Waals surface area contributed by atoms with Crippen molar-refractivity contribution >= 4 is 45.0 Å². The SMILES string of the molecule is CNC(=O)[C@H](Cc1ccccc1)N(Cc1ccc(Cl)cc1)C(=O)CN(C)S(=O)(=O)c1ccc(Cl)cc1. The van der Waals surface area contributed by atoms with Gasteiger partial charge in [-0.15, -0.1) is 0 Å². The highest BCUT2D eigenvalue weighted by Crippen LogP contribution is 2.20. The first-order chi connectivity index (χ1) is 17.1. The zero-order valence-electron chi connectivity index (χ0n) is 19.9. The van der Waals surface area contributed by atoms with Gasteiger partial charge in [0.2, 0.25) is 21.8 Å². The van der Waals surface area contributed by atoms with Crippen molar-refractivity contribution in [2.45, 2.75) is 23.9 Å². The van der Waals surface area contributed by atoms with Crippen LogP contribution in [0.25, 0.3) is 0 Å². The molecule has 0 aliphatic rings. The van der Waals surface area contributed by atoms with Crippen LogP contribution >= 0.6 is 23.2 Å². The summed E-state index contributed by atoms with van der Waals surface area (Å²) in [5.41, 5.74) is 1.61. The van der Waals surface area contributed by atoms with E-state index >= 15 is 0 Å². The summed E-state index contributed by atoms with van der Waals surface area (Å²) in [6.07, 6.45) is 0.257. The Morgan fingerprint density at radius 3 is 1.97 bits per heavy atom. The van der Waals surface area contributed by atoms with E-state index in [0.29, 0.717) is 10.0 Å². The fraction of sp³-hybridized carbons (Fsp3) is 0.231. The molecule has 0 saturated carbocycles. The molecule has 3 aromatic rings. The van der Waals surface area contributed by atoms with Crippen molar-refractivity contribution in [3.63, 3.8) is 0 Å². The predicted molar refractivity (Wildman–Crippen MR) is 141 cm³/mol. The molecule has 10 heteroatoms. The van der Waals surface area contributed by atoms with Gasteiger partial charge in [0.05, 0.1) is 11.4 Å². The Kier molecular flexibility index (Phi) is 9.50. The Labute approximate surface area is 221 Å². The number of hydrogen-bond acceptors (Lipinski definition) is 4. The van der Waals surface area contributed by atoms with Gasteiger partial charge in [-0.05, 0) is 47.5 Å². The van der Waals surface area contributed by atoms with Gasteiger partial charge in [0, 0.05) is 37.1 Å². The average Bonchev–Trinajstić information content (AvgIpc) is 2.87. The molecule has 0 aliphatic carbocycles. The summed E-state index contributed by atoms with van der Waals surface area (Å²) >= 11 is 11.9. The van der Waals surface area contributed by atoms with E-state index in [9.17, 15) is 18.0 Å². The normalized spacial score (nSPS) is 12.2. The van der Waals surface area contributed by atoms with Crippen molar-refractivity contribution in [3.05, 3.63) is 100 Å². The van der Waals surface area contributed by atoms with E-state index in [-0.39, 0.29) is 23.8 Å². The zero-order chi connectivity index (χ0) is 26.3. The lowest BCUT2D eigenvalue weighted by molar-refractivity contribution is -0.141. The molecule has 0 unspecified atom stereocenters. The number of carbonyl (C=O) groups excluding carboxylic acids is 2. The van der Waals surface area contributed by atoms with E-state index in [2.05, 4.69) is 5.32 Å². The smallest absolute Gasteiger partial charge is 0.243 e. The van der Waals surface area contributed by atoms with E-state index in [1.54, 1.807) is 24.3 Å². The van der Waals surface area contributed by atoms with E-state index in [0.717, 1.165) is 15.4 Å². The molecule has 36 heavy (non-hydrogen) atoms. The van der Waals surface area contributed by atoms with Gasteiger partial charge in [-0.2, -0.15) is 4.31 Å². The highest BCUT2D eigenvalue weighted by molar-refractivity contribution is 7.89. The number of amides is 2. The second-order valence-electron chi connectivity index (χ2n) is 8.18. The van der Waals surface area contributed by atoms with Gasteiger partial charge >= 0.3 is 0 Å². The number of halogens is 2. The predicted octanol–water partition coefficient (Wildman–Crippen LogP) is 4.00. The van der Waals surface area contributed by atoms with E-state index < -0.39 is 28.5 Å². The molecule has 1 N–H and O–H groups in total. The first-order valence-corrected chi connectivity index (χ1v) is 13.3. The van der Waals surface area contributed by atoms with Crippen LogP contribution < -0.4 is 5.32 Å². The Hall–Kier alpha value is -2.91. The Bertz CT molecular complexity index is 1290. The van der Waals surface area contributed by atoms with Crippen molar-refractivity contribution in [1.29, 1.82) is 0 Å². The van der Waals surface area contributed by atoms with Crippen LogP contribution in [-0.4, -0.2) is 56.1 Å². The molecule has 0 heterocycles. The molecule has 1 atom stereocenters. The molecule has 3 rings (SSSR count). The first kappa shape index (κ1) is 27.7. The van der Waals surface area contributed by atoms with Gasteiger partial charge in [0.25, 0.3) is 0 Å². The molecule has 0 saturated heterocycles. The monoisotopic (exact) mass is 547 g/mol. The van der Waals surface area contributed by atoms with Crippen molar-refractivity contribution in [2.24, 2.45) is 0 Å². The largest absolute Gasteiger partial charge is 0.357 e. The highest BCUT2D eigenvalue weighted by Gasteiger charge is 2.32. The molecule has 0 radical (unpaired) electrons. The van der Waals surface area contributed by atoms with Crippen LogP contribution in [0.4, 0.5) is 0 Å². The van der Waals surface area contributed by atoms with E-state index in [4.69, 9.17) is 23.2 Å². The molecular weight excluding hydrogens is 521 g/mol. The number of nitrogens with one attached hydrogen (secondary N) is 1. The number of benzene rings is 3. The lowest BCUT2D eigenvalue weighted by atomic mass is 10.0. The minimum absolute atomic E-state index is 0.0126. The van der Waals surface area contributed by atoms with Crippen molar-refractivity contribution in [1.82, 2.24) is 14.5 Å². The Morgan fingerprint density at radius 1 is 0.861 bits per heavy atom. The number of likely N-dealkylation sites (N-methyl/N-ethyl adjacent to an activating group) is 2. The molecule has 0 bridgehead atoms. The summed E-state index contributed by atoms with van der Waals surface area (Å²) in [7, 11) is -1.13. The van der Waals surface area contributed by atoms with Gasteiger partial charge in [-0.3, -0.25) is 9.59 Å². The first-order valence-electron chi connectivity index (χ1n) is 11.1. The van der Waals surface area contributed by atoms with Crippen molar-refractivity contribution in [2.75, 3.05) is 20.6 Å². The Balaban J connectivity index is 1.93. The third kappa shape index (κ3) is 7.07. The van der Waals surface area contributed by atoms with Gasteiger partial charge in [0.1, 0.15) is 6.04 Å². The average molecular weight is 548 g/mol. The quantitative estimate of drug-likeness (QED) is 0.415. The van der Waals surface area contributed by atoms with Crippen LogP contribution in [-0.2, 0) is 32.6 Å². The number of carbonyl (C=O) groups is 2. The standard InChI is InChI=1S/C26H27Cl2N3O4S/c1-29-26(33)24(16-19-6-4-3-5-7-19)31(17-20-8-10-21(27)11-9-20)25(32)18-30(2)36(34,35)23-14-12-22(28)13-15-23/h3-15,24H,16-18H2,1-2H3,(H,29,33)/t24-/m0/s1. The summed E-state index contributed by atoms with van der Waals surface area (Å²) in [6.45, 7) is -0.364. The summed E-state index contributed by atoms with van der Waals surface area (Å²) < 4.78 is 27.1. The lowest BCUT2D eigenvalue weighted by Crippen LogP contribution is -2.52. The molecule has 3 aromatic carbocycles. The third-order valence-electron chi connectivity index (χ3n) is 5.66. The summed E-state index contributed by atoms with van der Waals surface area (Å²) in [5.74, 6) is -0.876. The minimum atomic E-state index is -3.96. The molecule has 0 aliphatic heterocycles. The molecule has 2 amide bonds. The van der Waals surface area contributed by atoms with Crippen LogP contribution in [0, 0.1) is 0 Å². The fourth-order valence-electron chi connectivity index (χ4n) is 3.66. The second-order valence-corrected chi connectivity index (χ2v) is 11.1. The Morgan fingerprint density at radius 2 is 1.42 bits per heavy atom. The third-order valence-corrected chi connectivity index (χ3v) is 7.98. The molecule has 190 valence electrons. The number of rotatable bonds is 10. The molecule has 0 fully saturated rings. The van der Waals surface area contributed by atoms with Crippen molar-refractivity contribution in [3.8, 4) is 0 Å². The lowest BCUT2D eigenvalue weighted by Gasteiger charge is -2.32. The van der Waals surface area contributed by atoms with Crippen molar-refractivity contribution < 1.29 is 18.0 Å². The van der Waals surface area contributed by atoms with Gasteiger partial charge in [0.15, 0.2) is 0 Å². The van der Waals surface area contributed by atoms with Crippen LogP contribution in [0.2, 0.25) is 10.0 Å². The maximum absolute atomic E-state index is 13.6. The maximum Gasteiger partial charge on any atom is 0.243 e. The van der Waals surface area contributed by atoms with Crippen LogP contribution in [0.15, 0.2) is 83.8 Å². The second kappa shape index (κ2) is 12.4. The zero-order valence-corrected chi connectivity index (χ0v) is 22.2. The summed E-state index contributed by atoms with van der Waals surface area (Å²) in [6, 6.07) is 21.1. The van der Waals surface area contributed by atoms with Gasteiger partial charge in [-0.25, -0.2) is 8.42 Å². The molecule has 0 aromatic heterocycles. The van der Waals surface area contributed by atoms with Crippen LogP contribution in [0.3, 0.4) is 0 Å². The highest BCUT2D eigenvalue weighted by atomic mass is 35.5. The topological polar surface area (TPSA) is 86.8 Å². The molecular formula is C26H27Cl2N3O4S. The minimum Gasteiger partial charge on any atom is -0.357 e. The fourth-order valence-corrected chi connectivity index (χ4v) is 5.03. The van der Waals surface area contributed by atoms with Gasteiger partial charge < -0.3 is 10.2 Å². The number of nitrogens with zero attached hydrogens (tertiary/aromatic N) is 2. The van der Waals surface area contributed by atoms with Crippen LogP contribution in [0.5, 0.6) is 0 Å². The number of hydrogen-bond donors (Lipinski definition) is 1.